The molecule has 0 fully saturated rings. The van der Waals surface area contributed by atoms with Crippen LogP contribution in [0.15, 0.2) is 23.1 Å². The summed E-state index contributed by atoms with van der Waals surface area (Å²) in [6.45, 7) is 0. The van der Waals surface area contributed by atoms with Gasteiger partial charge in [-0.2, -0.15) is 9.38 Å². The largest absolute Gasteiger partial charge is 0.373 e. The van der Waals surface area contributed by atoms with Crippen molar-refractivity contribution in [3.8, 4) is 5.82 Å². The molecule has 0 aliphatic heterocycles. The smallest absolute Gasteiger partial charge is 0.358 e. The molecular formula is C8H6N6O3S2. The molecule has 1 unspecified atom stereocenters. The highest BCUT2D eigenvalue weighted by Crippen LogP contribution is 2.27. The van der Waals surface area contributed by atoms with Crippen molar-refractivity contribution in [1.82, 2.24) is 24.1 Å². The molecule has 0 saturated carbocycles. The molecular weight excluding hydrogens is 292 g/mol. The van der Waals surface area contributed by atoms with Gasteiger partial charge in [0.15, 0.2) is 0 Å². The molecule has 3 rings (SSSR count). The summed E-state index contributed by atoms with van der Waals surface area (Å²) in [6, 6.07) is 0. The van der Waals surface area contributed by atoms with Crippen LogP contribution in [0.25, 0.3) is 10.8 Å². The van der Waals surface area contributed by atoms with Gasteiger partial charge in [0.2, 0.25) is 11.0 Å². The van der Waals surface area contributed by atoms with Gasteiger partial charge in [-0.3, -0.25) is 8.78 Å². The van der Waals surface area contributed by atoms with Crippen molar-refractivity contribution in [1.29, 1.82) is 0 Å². The third-order valence-electron chi connectivity index (χ3n) is 2.39. The maximum absolute atomic E-state index is 11.5. The van der Waals surface area contributed by atoms with Gasteiger partial charge in [0.1, 0.15) is 12.5 Å². The van der Waals surface area contributed by atoms with E-state index in [1.807, 2.05) is 0 Å². The predicted molar refractivity (Wildman–Crippen MR) is 67.0 cm³/mol. The molecule has 0 N–H and O–H groups in total. The van der Waals surface area contributed by atoms with Crippen LogP contribution >= 0.6 is 11.3 Å². The molecule has 98 valence electrons. The first kappa shape index (κ1) is 11.9. The van der Waals surface area contributed by atoms with Gasteiger partial charge in [-0.25, -0.2) is 0 Å². The quantitative estimate of drug-likeness (QED) is 0.518. The van der Waals surface area contributed by atoms with Crippen LogP contribution in [0.1, 0.15) is 0 Å². The van der Waals surface area contributed by atoms with Crippen molar-refractivity contribution in [3.05, 3.63) is 28.0 Å². The highest BCUT2D eigenvalue weighted by atomic mass is 32.2. The Hall–Kier alpha value is -2.14. The number of hydrogen-bond acceptors (Lipinski definition) is 7. The third kappa shape index (κ3) is 1.74. The molecule has 0 bridgehead atoms. The van der Waals surface area contributed by atoms with Crippen molar-refractivity contribution < 1.29 is 9.13 Å². The van der Waals surface area contributed by atoms with E-state index in [4.69, 9.17) is 0 Å². The molecule has 3 aromatic rings. The Labute approximate surface area is 112 Å². The van der Waals surface area contributed by atoms with Crippen molar-refractivity contribution in [2.75, 3.05) is 6.26 Å². The predicted octanol–water partition coefficient (Wildman–Crippen LogP) is 0.622. The fourth-order valence-electron chi connectivity index (χ4n) is 1.66. The van der Waals surface area contributed by atoms with Crippen LogP contribution < -0.4 is 0 Å². The number of nitro groups is 1. The number of nitrogens with zero attached hydrogens (tertiary/aromatic N) is 6. The molecule has 1 atom stereocenters. The maximum Gasteiger partial charge on any atom is 0.373 e. The Kier molecular flexibility index (Phi) is 2.64. The van der Waals surface area contributed by atoms with Crippen LogP contribution in [0.4, 0.5) is 5.82 Å². The highest BCUT2D eigenvalue weighted by Gasteiger charge is 2.27. The van der Waals surface area contributed by atoms with Gasteiger partial charge >= 0.3 is 5.82 Å². The standard InChI is InChI=1S/C8H6N6O3S2/c1-19(17)8-11-9-4-13(8)5-6(14(15)16)12-2-3-18-7(12)10-5/h2-4H,1H3. The first-order chi connectivity index (χ1) is 9.09. The number of rotatable bonds is 3. The van der Waals surface area contributed by atoms with Crippen LogP contribution in [-0.4, -0.2) is 39.5 Å². The second-order valence-electron chi connectivity index (χ2n) is 3.51. The molecule has 0 aromatic carbocycles. The number of fused-ring (bicyclic) bond motifs is 1. The summed E-state index contributed by atoms with van der Waals surface area (Å²) in [5, 5.41) is 20.3. The van der Waals surface area contributed by atoms with Crippen molar-refractivity contribution in [3.63, 3.8) is 0 Å². The summed E-state index contributed by atoms with van der Waals surface area (Å²) in [6.07, 6.45) is 4.24. The van der Waals surface area contributed by atoms with Gasteiger partial charge in [-0.05, 0) is 4.92 Å². The molecule has 19 heavy (non-hydrogen) atoms. The van der Waals surface area contributed by atoms with Gasteiger partial charge in [0.25, 0.3) is 4.96 Å². The van der Waals surface area contributed by atoms with Crippen LogP contribution in [-0.2, 0) is 10.8 Å². The van der Waals surface area contributed by atoms with Gasteiger partial charge in [0.05, 0.1) is 10.8 Å². The van der Waals surface area contributed by atoms with Gasteiger partial charge in [-0.1, -0.05) is 11.3 Å². The minimum Gasteiger partial charge on any atom is -0.358 e. The van der Waals surface area contributed by atoms with Crippen molar-refractivity contribution in [2.24, 2.45) is 0 Å². The van der Waals surface area contributed by atoms with E-state index in [0.29, 0.717) is 4.96 Å². The maximum atomic E-state index is 11.5. The summed E-state index contributed by atoms with van der Waals surface area (Å²) in [5.41, 5.74) is 0. The summed E-state index contributed by atoms with van der Waals surface area (Å²) in [7, 11) is -1.42. The van der Waals surface area contributed by atoms with E-state index >= 15 is 0 Å². The Morgan fingerprint density at radius 3 is 3.00 bits per heavy atom. The number of aromatic nitrogens is 5. The van der Waals surface area contributed by atoms with Crippen LogP contribution in [0.3, 0.4) is 0 Å². The van der Waals surface area contributed by atoms with E-state index < -0.39 is 15.7 Å². The Morgan fingerprint density at radius 2 is 2.32 bits per heavy atom. The van der Waals surface area contributed by atoms with E-state index in [-0.39, 0.29) is 16.8 Å². The first-order valence-corrected chi connectivity index (χ1v) is 7.37. The van der Waals surface area contributed by atoms with Crippen LogP contribution in [0.5, 0.6) is 0 Å². The number of thiazole rings is 1. The molecule has 3 heterocycles. The topological polar surface area (TPSA) is 108 Å². The van der Waals surface area contributed by atoms with E-state index in [2.05, 4.69) is 15.2 Å². The van der Waals surface area contributed by atoms with Gasteiger partial charge in [-0.15, -0.1) is 10.2 Å². The second-order valence-corrected chi connectivity index (χ2v) is 5.66. The molecule has 3 aromatic heterocycles. The Balaban J connectivity index is 2.33. The lowest BCUT2D eigenvalue weighted by Gasteiger charge is -2.00. The Morgan fingerprint density at radius 1 is 1.53 bits per heavy atom. The normalized spacial score (nSPS) is 12.9. The molecule has 0 radical (unpaired) electrons. The van der Waals surface area contributed by atoms with Crippen molar-refractivity contribution in [2.45, 2.75) is 5.16 Å². The highest BCUT2D eigenvalue weighted by molar-refractivity contribution is 7.84. The Bertz CT molecular complexity index is 802. The fourth-order valence-corrected chi connectivity index (χ4v) is 2.94. The van der Waals surface area contributed by atoms with Crippen LogP contribution in [0.2, 0.25) is 0 Å². The summed E-state index contributed by atoms with van der Waals surface area (Å²) >= 11 is 1.27. The molecule has 0 spiro atoms. The second kappa shape index (κ2) is 4.20. The zero-order valence-corrected chi connectivity index (χ0v) is 11.1. The molecule has 0 saturated heterocycles. The molecule has 11 heteroatoms. The molecule has 0 amide bonds. The monoisotopic (exact) mass is 298 g/mol. The van der Waals surface area contributed by atoms with Gasteiger partial charge in [0, 0.05) is 11.6 Å². The third-order valence-corrected chi connectivity index (χ3v) is 3.94. The number of imidazole rings is 1. The minimum atomic E-state index is -1.42. The van der Waals surface area contributed by atoms with Crippen LogP contribution in [0, 0.1) is 10.1 Å². The van der Waals surface area contributed by atoms with E-state index in [1.165, 1.54) is 32.9 Å². The average Bonchev–Trinajstić information content (AvgIpc) is 3.01. The van der Waals surface area contributed by atoms with E-state index in [9.17, 15) is 14.3 Å². The van der Waals surface area contributed by atoms with Gasteiger partial charge < -0.3 is 10.1 Å². The zero-order chi connectivity index (χ0) is 13.6. The first-order valence-electron chi connectivity index (χ1n) is 4.93. The van der Waals surface area contributed by atoms with E-state index in [0.717, 1.165) is 0 Å². The lowest BCUT2D eigenvalue weighted by Crippen LogP contribution is -2.05. The zero-order valence-electron chi connectivity index (χ0n) is 9.46. The lowest BCUT2D eigenvalue weighted by molar-refractivity contribution is -0.390. The lowest BCUT2D eigenvalue weighted by atomic mass is 10.6. The van der Waals surface area contributed by atoms with Crippen molar-refractivity contribution >= 4 is 32.9 Å². The molecule has 0 aliphatic rings. The summed E-state index contributed by atoms with van der Waals surface area (Å²) in [4.78, 5) is 15.3. The molecule has 0 aliphatic carbocycles. The average molecular weight is 298 g/mol. The van der Waals surface area contributed by atoms with E-state index in [1.54, 1.807) is 11.6 Å². The minimum absolute atomic E-state index is 0.0621. The number of hydrogen-bond donors (Lipinski definition) is 0. The molecule has 9 nitrogen and oxygen atoms in total. The summed E-state index contributed by atoms with van der Waals surface area (Å²) in [5.74, 6) is -0.144. The SMILES string of the molecule is CS(=O)c1nncn1-c1nc2sccn2c1[N+](=O)[O-]. The summed E-state index contributed by atoms with van der Waals surface area (Å²) < 4.78 is 14.2. The fraction of sp³-hybridized carbons (Fsp3) is 0.125.